The van der Waals surface area contributed by atoms with Crippen LogP contribution in [0.25, 0.3) is 0 Å². The number of carbonyl (C=O) groups excluding carboxylic acids is 1. The summed E-state index contributed by atoms with van der Waals surface area (Å²) in [6.07, 6.45) is 6.25. The molecule has 0 saturated heterocycles. The number of hydrogen-bond donors (Lipinski definition) is 2. The van der Waals surface area contributed by atoms with Crippen molar-refractivity contribution in [1.82, 2.24) is 10.0 Å². The van der Waals surface area contributed by atoms with Crippen molar-refractivity contribution in [1.29, 1.82) is 0 Å². The minimum Gasteiger partial charge on any atom is -0.438 e. The normalized spacial score (nSPS) is 33.4. The average molecular weight is 381 g/mol. The van der Waals surface area contributed by atoms with Crippen molar-refractivity contribution in [2.45, 2.75) is 69.5 Å². The Bertz CT molecular complexity index is 808. The summed E-state index contributed by atoms with van der Waals surface area (Å²) in [7, 11) is -3.77. The van der Waals surface area contributed by atoms with E-state index in [1.54, 1.807) is 20.8 Å². The molecule has 1 aromatic rings. The molecule has 1 amide bonds. The molecule has 6 nitrogen and oxygen atoms in total. The van der Waals surface area contributed by atoms with Crippen LogP contribution in [0.1, 0.15) is 63.4 Å². The number of carbonyl (C=O) groups is 1. The smallest absolute Gasteiger partial charge is 0.287 e. The average Bonchev–Trinajstić information content (AvgIpc) is 3.26. The predicted octanol–water partition coefficient (Wildman–Crippen LogP) is 2.91. The summed E-state index contributed by atoms with van der Waals surface area (Å²) in [6, 6.07) is 2.99. The first-order valence-corrected chi connectivity index (χ1v) is 11.1. The van der Waals surface area contributed by atoms with Crippen LogP contribution in [-0.4, -0.2) is 25.9 Å². The van der Waals surface area contributed by atoms with Gasteiger partial charge in [-0.2, -0.15) is 0 Å². The van der Waals surface area contributed by atoms with Gasteiger partial charge in [-0.1, -0.05) is 6.42 Å². The lowest BCUT2D eigenvalue weighted by molar-refractivity contribution is 0.0867. The van der Waals surface area contributed by atoms with Crippen molar-refractivity contribution < 1.29 is 17.6 Å². The second-order valence-electron chi connectivity index (χ2n) is 9.21. The lowest BCUT2D eigenvalue weighted by Gasteiger charge is -2.31. The first-order chi connectivity index (χ1) is 12.1. The summed E-state index contributed by atoms with van der Waals surface area (Å²) in [5.41, 5.74) is -0.616. The van der Waals surface area contributed by atoms with E-state index in [2.05, 4.69) is 10.0 Å². The molecule has 4 rings (SSSR count). The Morgan fingerprint density at radius 3 is 2.58 bits per heavy atom. The third-order valence-electron chi connectivity index (χ3n) is 6.26. The topological polar surface area (TPSA) is 88.4 Å². The SMILES string of the molecule is CC(C)(C)NS(=O)(=O)c1ccc(C(=O)N[C@@H]2C[C@H]3C[C@H]2[C@H]2CCC[C@H]32)o1. The third-order valence-corrected chi connectivity index (χ3v) is 7.89. The van der Waals surface area contributed by atoms with Crippen LogP contribution in [-0.2, 0) is 10.0 Å². The third kappa shape index (κ3) is 3.20. The molecule has 0 radical (unpaired) electrons. The molecule has 0 aromatic carbocycles. The number of fused-ring (bicyclic) bond motifs is 5. The van der Waals surface area contributed by atoms with E-state index >= 15 is 0 Å². The number of nitrogens with one attached hydrogen (secondary N) is 2. The molecule has 3 aliphatic carbocycles. The van der Waals surface area contributed by atoms with E-state index in [9.17, 15) is 13.2 Å². The van der Waals surface area contributed by atoms with Crippen molar-refractivity contribution in [2.75, 3.05) is 0 Å². The molecule has 0 aliphatic heterocycles. The molecule has 5 atom stereocenters. The van der Waals surface area contributed by atoms with E-state index in [-0.39, 0.29) is 22.8 Å². The summed E-state index contributed by atoms with van der Waals surface area (Å²) in [5, 5.41) is 2.88. The molecule has 0 unspecified atom stereocenters. The largest absolute Gasteiger partial charge is 0.438 e. The number of rotatable bonds is 4. The maximum atomic E-state index is 12.6. The molecule has 26 heavy (non-hydrogen) atoms. The van der Waals surface area contributed by atoms with Gasteiger partial charge in [0.15, 0.2) is 5.76 Å². The summed E-state index contributed by atoms with van der Waals surface area (Å²) in [5.74, 6) is 2.72. The summed E-state index contributed by atoms with van der Waals surface area (Å²) >= 11 is 0. The Kier molecular flexibility index (Phi) is 4.23. The van der Waals surface area contributed by atoms with Gasteiger partial charge < -0.3 is 9.73 Å². The lowest BCUT2D eigenvalue weighted by atomic mass is 9.79. The number of sulfonamides is 1. The fourth-order valence-electron chi connectivity index (χ4n) is 5.51. The Balaban J connectivity index is 1.43. The molecule has 1 aromatic heterocycles. The van der Waals surface area contributed by atoms with Crippen LogP contribution in [0.5, 0.6) is 0 Å². The van der Waals surface area contributed by atoms with E-state index in [1.165, 1.54) is 37.8 Å². The van der Waals surface area contributed by atoms with Crippen molar-refractivity contribution in [3.8, 4) is 0 Å². The van der Waals surface area contributed by atoms with Gasteiger partial charge in [-0.05, 0) is 82.3 Å². The monoisotopic (exact) mass is 380 g/mol. The highest BCUT2D eigenvalue weighted by Crippen LogP contribution is 2.58. The first kappa shape index (κ1) is 18.0. The quantitative estimate of drug-likeness (QED) is 0.841. The van der Waals surface area contributed by atoms with Crippen LogP contribution in [0.3, 0.4) is 0 Å². The Labute approximate surface area is 155 Å². The molecular formula is C19H28N2O4S. The van der Waals surface area contributed by atoms with Crippen molar-refractivity contribution in [3.05, 3.63) is 17.9 Å². The summed E-state index contributed by atoms with van der Waals surface area (Å²) < 4.78 is 32.5. The second kappa shape index (κ2) is 6.09. The molecular weight excluding hydrogens is 352 g/mol. The van der Waals surface area contributed by atoms with E-state index in [0.29, 0.717) is 5.92 Å². The van der Waals surface area contributed by atoms with Gasteiger partial charge in [0.05, 0.1) is 0 Å². The molecule has 7 heteroatoms. The highest BCUT2D eigenvalue weighted by Gasteiger charge is 2.54. The van der Waals surface area contributed by atoms with Crippen molar-refractivity contribution in [2.24, 2.45) is 23.7 Å². The van der Waals surface area contributed by atoms with Crippen LogP contribution < -0.4 is 10.0 Å². The Morgan fingerprint density at radius 1 is 1.12 bits per heavy atom. The van der Waals surface area contributed by atoms with Crippen LogP contribution in [0.2, 0.25) is 0 Å². The fourth-order valence-corrected chi connectivity index (χ4v) is 6.87. The molecule has 0 spiro atoms. The van der Waals surface area contributed by atoms with Gasteiger partial charge in [-0.15, -0.1) is 0 Å². The van der Waals surface area contributed by atoms with Gasteiger partial charge >= 0.3 is 0 Å². The zero-order valence-electron chi connectivity index (χ0n) is 15.6. The molecule has 144 valence electrons. The first-order valence-electron chi connectivity index (χ1n) is 9.59. The highest BCUT2D eigenvalue weighted by molar-refractivity contribution is 7.89. The zero-order valence-corrected chi connectivity index (χ0v) is 16.4. The highest BCUT2D eigenvalue weighted by atomic mass is 32.2. The van der Waals surface area contributed by atoms with Crippen LogP contribution in [0.4, 0.5) is 0 Å². The van der Waals surface area contributed by atoms with Crippen LogP contribution >= 0.6 is 0 Å². The van der Waals surface area contributed by atoms with Crippen LogP contribution in [0, 0.1) is 23.7 Å². The lowest BCUT2D eigenvalue weighted by Crippen LogP contribution is -2.42. The van der Waals surface area contributed by atoms with E-state index in [0.717, 1.165) is 24.2 Å². The van der Waals surface area contributed by atoms with Gasteiger partial charge in [-0.25, -0.2) is 13.1 Å². The summed E-state index contributed by atoms with van der Waals surface area (Å²) in [6.45, 7) is 5.27. The predicted molar refractivity (Wildman–Crippen MR) is 97.1 cm³/mol. The van der Waals surface area contributed by atoms with Gasteiger partial charge in [-0.3, -0.25) is 4.79 Å². The molecule has 3 saturated carbocycles. The number of amides is 1. The second-order valence-corrected chi connectivity index (χ2v) is 10.8. The fraction of sp³-hybridized carbons (Fsp3) is 0.737. The summed E-state index contributed by atoms with van der Waals surface area (Å²) in [4.78, 5) is 12.6. The minimum atomic E-state index is -3.77. The molecule has 2 N–H and O–H groups in total. The molecule has 3 fully saturated rings. The van der Waals surface area contributed by atoms with E-state index in [4.69, 9.17) is 4.42 Å². The van der Waals surface area contributed by atoms with E-state index < -0.39 is 15.6 Å². The maximum absolute atomic E-state index is 12.6. The zero-order chi connectivity index (χ0) is 18.7. The van der Waals surface area contributed by atoms with E-state index in [1.807, 2.05) is 0 Å². The minimum absolute atomic E-state index is 0.0602. The van der Waals surface area contributed by atoms with Gasteiger partial charge in [0.2, 0.25) is 5.09 Å². The Morgan fingerprint density at radius 2 is 1.85 bits per heavy atom. The molecule has 2 bridgehead atoms. The molecule has 1 heterocycles. The Hall–Kier alpha value is -1.34. The van der Waals surface area contributed by atoms with Crippen LogP contribution in [0.15, 0.2) is 21.6 Å². The van der Waals surface area contributed by atoms with Gasteiger partial charge in [0.1, 0.15) is 0 Å². The van der Waals surface area contributed by atoms with Crippen molar-refractivity contribution in [3.63, 3.8) is 0 Å². The van der Waals surface area contributed by atoms with Crippen molar-refractivity contribution >= 4 is 15.9 Å². The maximum Gasteiger partial charge on any atom is 0.287 e. The molecule has 3 aliphatic rings. The number of furan rings is 1. The van der Waals surface area contributed by atoms with Gasteiger partial charge in [0, 0.05) is 11.6 Å². The number of hydrogen-bond acceptors (Lipinski definition) is 4. The van der Waals surface area contributed by atoms with Gasteiger partial charge in [0.25, 0.3) is 15.9 Å². The standard InChI is InChI=1S/C19H28N2O4S/c1-19(2,3)21-26(23,24)17-8-7-16(25-17)18(22)20-15-10-11-9-14(15)13-6-4-5-12(11)13/h7-8,11-15,21H,4-6,9-10H2,1-3H3,(H,20,22)/t11-,12-,13+,14+,15-/m1/s1.